The first-order valence-electron chi connectivity index (χ1n) is 11.1. The van der Waals surface area contributed by atoms with Gasteiger partial charge in [0.1, 0.15) is 12.1 Å². The fourth-order valence-electron chi connectivity index (χ4n) is 2.92. The summed E-state index contributed by atoms with van der Waals surface area (Å²) < 4.78 is 0. The van der Waals surface area contributed by atoms with Crippen LogP contribution in [0.25, 0.3) is 0 Å². The Bertz CT molecular complexity index is 628. The summed E-state index contributed by atoms with van der Waals surface area (Å²) in [6.45, 7) is 8.89. The van der Waals surface area contributed by atoms with Crippen molar-refractivity contribution in [3.63, 3.8) is 0 Å². The summed E-state index contributed by atoms with van der Waals surface area (Å²) in [7, 11) is 0. The lowest BCUT2D eigenvalue weighted by atomic mass is 9.96. The molecule has 6 atom stereocenters. The molecule has 0 saturated carbocycles. The lowest BCUT2D eigenvalue weighted by Crippen LogP contribution is -2.59. The van der Waals surface area contributed by atoms with Gasteiger partial charge in [-0.25, -0.2) is 4.79 Å². The second-order valence-electron chi connectivity index (χ2n) is 8.55. The first-order chi connectivity index (χ1) is 14.9. The van der Waals surface area contributed by atoms with Gasteiger partial charge in [0.05, 0.1) is 12.1 Å². The molecule has 0 aromatic heterocycles. The predicted molar refractivity (Wildman–Crippen MR) is 120 cm³/mol. The van der Waals surface area contributed by atoms with Crippen LogP contribution in [0.3, 0.4) is 0 Å². The molecule has 0 fully saturated rings. The topological polar surface area (TPSA) is 197 Å². The van der Waals surface area contributed by atoms with Gasteiger partial charge in [-0.1, -0.05) is 34.1 Å². The van der Waals surface area contributed by atoms with Gasteiger partial charge in [-0.05, 0) is 44.6 Å². The molecule has 0 bridgehead atoms. The number of carboxylic acids is 1. The number of rotatable bonds is 15. The van der Waals surface area contributed by atoms with Gasteiger partial charge < -0.3 is 37.6 Å². The van der Waals surface area contributed by atoms with Crippen molar-refractivity contribution in [1.29, 1.82) is 0 Å². The number of hydrogen-bond acceptors (Lipinski definition) is 7. The van der Waals surface area contributed by atoms with Crippen LogP contribution < -0.4 is 27.4 Å². The van der Waals surface area contributed by atoms with Crippen LogP contribution in [0.5, 0.6) is 0 Å². The van der Waals surface area contributed by atoms with Crippen LogP contribution in [-0.2, 0) is 19.2 Å². The highest BCUT2D eigenvalue weighted by molar-refractivity contribution is 5.94. The zero-order valence-corrected chi connectivity index (χ0v) is 19.8. The molecule has 0 aliphatic carbocycles. The first-order valence-corrected chi connectivity index (χ1v) is 11.1. The number of aliphatic carboxylic acids is 1. The van der Waals surface area contributed by atoms with Crippen molar-refractivity contribution >= 4 is 23.7 Å². The largest absolute Gasteiger partial charge is 0.480 e. The van der Waals surface area contributed by atoms with Crippen LogP contribution >= 0.6 is 0 Å². The maximum atomic E-state index is 13.0. The van der Waals surface area contributed by atoms with Crippen LogP contribution in [-0.4, -0.2) is 70.7 Å². The Morgan fingerprint density at radius 2 is 1.44 bits per heavy atom. The Morgan fingerprint density at radius 1 is 0.875 bits per heavy atom. The fourth-order valence-corrected chi connectivity index (χ4v) is 2.92. The minimum absolute atomic E-state index is 0.126. The van der Waals surface area contributed by atoms with E-state index in [4.69, 9.17) is 11.5 Å². The number of carboxylic acid groups (broad SMARTS) is 1. The average molecular weight is 460 g/mol. The minimum atomic E-state index is -1.52. The predicted octanol–water partition coefficient (Wildman–Crippen LogP) is -0.935. The molecule has 0 aliphatic rings. The molecular weight excluding hydrogens is 418 g/mol. The van der Waals surface area contributed by atoms with Gasteiger partial charge in [0, 0.05) is 0 Å². The SMILES string of the molecule is CCC(C)C(NC(=O)C(N)C(C)C)C(=O)NC(CCCCN)C(=O)NC(C(=O)O)C(C)O. The van der Waals surface area contributed by atoms with Crippen molar-refractivity contribution in [1.82, 2.24) is 16.0 Å². The molecular formula is C21H41N5O6. The quantitative estimate of drug-likeness (QED) is 0.152. The summed E-state index contributed by atoms with van der Waals surface area (Å²) in [5, 5.41) is 26.4. The monoisotopic (exact) mass is 459 g/mol. The van der Waals surface area contributed by atoms with Gasteiger partial charge >= 0.3 is 5.97 Å². The van der Waals surface area contributed by atoms with E-state index in [0.29, 0.717) is 25.8 Å². The van der Waals surface area contributed by atoms with E-state index in [9.17, 15) is 29.4 Å². The number of hydrogen-bond donors (Lipinski definition) is 7. The van der Waals surface area contributed by atoms with Crippen molar-refractivity contribution < 1.29 is 29.4 Å². The minimum Gasteiger partial charge on any atom is -0.480 e. The van der Waals surface area contributed by atoms with E-state index in [1.807, 2.05) is 6.92 Å². The van der Waals surface area contributed by atoms with Gasteiger partial charge in [0.25, 0.3) is 0 Å². The number of carbonyl (C=O) groups is 4. The highest BCUT2D eigenvalue weighted by Gasteiger charge is 2.33. The van der Waals surface area contributed by atoms with E-state index in [0.717, 1.165) is 0 Å². The standard InChI is InChI=1S/C21H41N5O6/c1-6-12(4)16(25-19(29)15(23)11(2)3)20(30)24-14(9-7-8-10-22)18(28)26-17(13(5)27)21(31)32/h11-17,27H,6-10,22-23H2,1-5H3,(H,24,30)(H,25,29)(H,26,28)(H,31,32). The number of carbonyl (C=O) groups excluding carboxylic acids is 3. The van der Waals surface area contributed by atoms with Crippen molar-refractivity contribution in [2.24, 2.45) is 23.3 Å². The van der Waals surface area contributed by atoms with Gasteiger partial charge in [0.2, 0.25) is 17.7 Å². The smallest absolute Gasteiger partial charge is 0.328 e. The lowest BCUT2D eigenvalue weighted by molar-refractivity contribution is -0.145. The molecule has 0 aliphatic heterocycles. The molecule has 32 heavy (non-hydrogen) atoms. The van der Waals surface area contributed by atoms with Crippen LogP contribution in [0.2, 0.25) is 0 Å². The Labute approximate surface area is 190 Å². The van der Waals surface area contributed by atoms with E-state index in [-0.39, 0.29) is 18.3 Å². The van der Waals surface area contributed by atoms with Crippen LogP contribution in [0.1, 0.15) is 60.3 Å². The molecule has 3 amide bonds. The Balaban J connectivity index is 5.56. The number of amides is 3. The molecule has 0 saturated heterocycles. The summed E-state index contributed by atoms with van der Waals surface area (Å²) in [6, 6.07) is -4.29. The summed E-state index contributed by atoms with van der Waals surface area (Å²) >= 11 is 0. The fraction of sp³-hybridized carbons (Fsp3) is 0.810. The Kier molecular flexibility index (Phi) is 13.7. The molecule has 11 heteroatoms. The van der Waals surface area contributed by atoms with Crippen molar-refractivity contribution in [2.45, 2.75) is 90.6 Å². The third-order valence-corrected chi connectivity index (χ3v) is 5.44. The maximum Gasteiger partial charge on any atom is 0.328 e. The highest BCUT2D eigenvalue weighted by Crippen LogP contribution is 2.11. The van der Waals surface area contributed by atoms with Gasteiger partial charge in [-0.2, -0.15) is 0 Å². The molecule has 0 radical (unpaired) electrons. The molecule has 0 heterocycles. The third-order valence-electron chi connectivity index (χ3n) is 5.44. The molecule has 0 rings (SSSR count). The number of aliphatic hydroxyl groups is 1. The first kappa shape index (κ1) is 29.8. The normalized spacial score (nSPS) is 16.9. The molecule has 186 valence electrons. The second-order valence-corrected chi connectivity index (χ2v) is 8.55. The lowest BCUT2D eigenvalue weighted by Gasteiger charge is -2.28. The second kappa shape index (κ2) is 14.8. The summed E-state index contributed by atoms with van der Waals surface area (Å²) in [4.78, 5) is 49.5. The number of aliphatic hydroxyl groups excluding tert-OH is 1. The number of nitrogens with two attached hydrogens (primary N) is 2. The van der Waals surface area contributed by atoms with Crippen molar-refractivity contribution in [3.05, 3.63) is 0 Å². The van der Waals surface area contributed by atoms with E-state index < -0.39 is 54.0 Å². The van der Waals surface area contributed by atoms with E-state index in [2.05, 4.69) is 16.0 Å². The van der Waals surface area contributed by atoms with Crippen LogP contribution in [0.15, 0.2) is 0 Å². The summed E-state index contributed by atoms with van der Waals surface area (Å²) in [5.41, 5.74) is 11.4. The average Bonchev–Trinajstić information content (AvgIpc) is 2.72. The van der Waals surface area contributed by atoms with E-state index in [1.54, 1.807) is 20.8 Å². The summed E-state index contributed by atoms with van der Waals surface area (Å²) in [6.07, 6.45) is 0.588. The number of unbranched alkanes of at least 4 members (excludes halogenated alkanes) is 1. The van der Waals surface area contributed by atoms with Crippen LogP contribution in [0.4, 0.5) is 0 Å². The molecule has 0 aromatic rings. The van der Waals surface area contributed by atoms with Crippen molar-refractivity contribution in [3.8, 4) is 0 Å². The van der Waals surface area contributed by atoms with Crippen LogP contribution in [0, 0.1) is 11.8 Å². The molecule has 9 N–H and O–H groups in total. The number of nitrogens with one attached hydrogen (secondary N) is 3. The maximum absolute atomic E-state index is 13.0. The Morgan fingerprint density at radius 3 is 1.88 bits per heavy atom. The van der Waals surface area contributed by atoms with E-state index >= 15 is 0 Å². The Hall–Kier alpha value is -2.24. The zero-order chi connectivity index (χ0) is 25.0. The van der Waals surface area contributed by atoms with Crippen molar-refractivity contribution in [2.75, 3.05) is 6.54 Å². The van der Waals surface area contributed by atoms with Gasteiger partial charge in [-0.3, -0.25) is 14.4 Å². The van der Waals surface area contributed by atoms with E-state index in [1.165, 1.54) is 6.92 Å². The van der Waals surface area contributed by atoms with Gasteiger partial charge in [0.15, 0.2) is 6.04 Å². The molecule has 0 aromatic carbocycles. The molecule has 0 spiro atoms. The highest BCUT2D eigenvalue weighted by atomic mass is 16.4. The third kappa shape index (κ3) is 9.92. The zero-order valence-electron chi connectivity index (χ0n) is 19.8. The summed E-state index contributed by atoms with van der Waals surface area (Å²) in [5.74, 6) is -3.54. The van der Waals surface area contributed by atoms with Gasteiger partial charge in [-0.15, -0.1) is 0 Å². The molecule has 11 nitrogen and oxygen atoms in total. The molecule has 6 unspecified atom stereocenters.